The van der Waals surface area contributed by atoms with Gasteiger partial charge in [0, 0.05) is 31.9 Å². The molecule has 6 heteroatoms. The maximum absolute atomic E-state index is 13.4. The van der Waals surface area contributed by atoms with E-state index in [0.29, 0.717) is 11.6 Å². The van der Waals surface area contributed by atoms with Gasteiger partial charge in [-0.05, 0) is 54.4 Å². The number of aromatic nitrogens is 2. The lowest BCUT2D eigenvalue weighted by Crippen LogP contribution is -2.41. The van der Waals surface area contributed by atoms with E-state index in [9.17, 15) is 4.21 Å². The molecular weight excluding hydrogens is 404 g/mol. The van der Waals surface area contributed by atoms with Crippen LogP contribution in [-0.2, 0) is 31.0 Å². The highest BCUT2D eigenvalue weighted by Crippen LogP contribution is 2.28. The number of hydrogen-bond donors (Lipinski definition) is 1. The quantitative estimate of drug-likeness (QED) is 0.595. The molecule has 0 bridgehead atoms. The number of rotatable bonds is 7. The minimum Gasteiger partial charge on any atom is -0.339 e. The second-order valence-corrected chi connectivity index (χ2v) is 9.86. The number of hydrogen-bond acceptors (Lipinski definition) is 3. The van der Waals surface area contributed by atoms with Crippen molar-refractivity contribution in [2.24, 2.45) is 12.8 Å². The molecule has 1 fully saturated rings. The lowest BCUT2D eigenvalue weighted by atomic mass is 9.91. The molecule has 31 heavy (non-hydrogen) atoms. The predicted octanol–water partition coefficient (Wildman–Crippen LogP) is 4.44. The highest BCUT2D eigenvalue weighted by atomic mass is 32.2. The van der Waals surface area contributed by atoms with Gasteiger partial charge in [-0.3, -0.25) is 0 Å². The lowest BCUT2D eigenvalue weighted by molar-refractivity contribution is 0.244. The summed E-state index contributed by atoms with van der Waals surface area (Å²) in [6.45, 7) is 2.83. The van der Waals surface area contributed by atoms with Gasteiger partial charge >= 0.3 is 0 Å². The van der Waals surface area contributed by atoms with E-state index in [1.165, 1.54) is 16.7 Å². The summed E-state index contributed by atoms with van der Waals surface area (Å²) >= 11 is 0. The Labute approximate surface area is 187 Å². The van der Waals surface area contributed by atoms with Crippen LogP contribution in [0.2, 0.25) is 0 Å². The lowest BCUT2D eigenvalue weighted by Gasteiger charge is -2.34. The van der Waals surface area contributed by atoms with Crippen molar-refractivity contribution in [2.75, 3.05) is 0 Å². The highest BCUT2D eigenvalue weighted by molar-refractivity contribution is 7.82. The van der Waals surface area contributed by atoms with Gasteiger partial charge in [0.15, 0.2) is 5.03 Å². The summed E-state index contributed by atoms with van der Waals surface area (Å²) in [5.41, 5.74) is 11.2. The van der Waals surface area contributed by atoms with Crippen LogP contribution < -0.4 is 5.73 Å². The van der Waals surface area contributed by atoms with Gasteiger partial charge in [-0.2, -0.15) is 0 Å². The number of nitrogens with two attached hydrogens (primary N) is 1. The predicted molar refractivity (Wildman–Crippen MR) is 127 cm³/mol. The summed E-state index contributed by atoms with van der Waals surface area (Å²) in [5, 5.41) is 0.617. The van der Waals surface area contributed by atoms with Gasteiger partial charge in [-0.15, -0.1) is 0 Å². The molecule has 1 saturated carbocycles. The van der Waals surface area contributed by atoms with E-state index < -0.39 is 11.0 Å². The molecule has 0 spiro atoms. The summed E-state index contributed by atoms with van der Waals surface area (Å²) in [4.78, 5) is 4.36. The van der Waals surface area contributed by atoms with Crippen LogP contribution in [0.4, 0.5) is 0 Å². The third kappa shape index (κ3) is 5.14. The minimum atomic E-state index is -1.30. The molecule has 3 aromatic rings. The van der Waals surface area contributed by atoms with Crippen LogP contribution >= 0.6 is 0 Å². The normalized spacial score (nSPS) is 20.1. The maximum Gasteiger partial charge on any atom is 0.160 e. The first-order chi connectivity index (χ1) is 15.0. The highest BCUT2D eigenvalue weighted by Gasteiger charge is 2.29. The summed E-state index contributed by atoms with van der Waals surface area (Å²) in [6, 6.07) is 17.8. The maximum atomic E-state index is 13.4. The molecule has 1 unspecified atom stereocenters. The van der Waals surface area contributed by atoms with E-state index in [2.05, 4.69) is 64.7 Å². The molecular formula is C25H32N4OS. The third-order valence-electron chi connectivity index (χ3n) is 6.22. The third-order valence-corrected chi connectivity index (χ3v) is 7.65. The monoisotopic (exact) mass is 436 g/mol. The van der Waals surface area contributed by atoms with Crippen molar-refractivity contribution in [1.82, 2.24) is 13.9 Å². The van der Waals surface area contributed by atoms with Crippen LogP contribution in [0.1, 0.15) is 43.7 Å². The Morgan fingerprint density at radius 3 is 2.45 bits per heavy atom. The molecule has 1 aromatic heterocycles. The number of nitrogens with zero attached hydrogens (tertiary/aromatic N) is 3. The zero-order chi connectivity index (χ0) is 21.8. The van der Waals surface area contributed by atoms with Crippen molar-refractivity contribution in [3.05, 3.63) is 72.2 Å². The van der Waals surface area contributed by atoms with E-state index >= 15 is 0 Å². The van der Waals surface area contributed by atoms with E-state index in [1.54, 1.807) is 6.33 Å². The van der Waals surface area contributed by atoms with Crippen molar-refractivity contribution >= 4 is 11.0 Å². The first-order valence-corrected chi connectivity index (χ1v) is 12.2. The topological polar surface area (TPSA) is 64.2 Å². The van der Waals surface area contributed by atoms with Crippen molar-refractivity contribution in [2.45, 2.75) is 62.7 Å². The first kappa shape index (κ1) is 21.9. The van der Waals surface area contributed by atoms with Gasteiger partial charge in [0.25, 0.3) is 0 Å². The van der Waals surface area contributed by atoms with Crippen molar-refractivity contribution in [3.63, 3.8) is 0 Å². The Morgan fingerprint density at radius 1 is 1.10 bits per heavy atom. The Morgan fingerprint density at radius 2 is 1.81 bits per heavy atom. The molecule has 1 atom stereocenters. The fourth-order valence-electron chi connectivity index (χ4n) is 4.39. The van der Waals surface area contributed by atoms with Gasteiger partial charge < -0.3 is 10.3 Å². The molecule has 4 rings (SSSR count). The molecule has 0 aliphatic heterocycles. The summed E-state index contributed by atoms with van der Waals surface area (Å²) < 4.78 is 17.4. The van der Waals surface area contributed by atoms with E-state index in [0.717, 1.165) is 37.7 Å². The standard InChI is InChI=1S/C25H32N4OS/c1-3-20-6-4-5-7-24(20)21-10-8-19(9-11-21)16-29(23-14-12-22(26)13-15-23)31(30)25-17-28(2)18-27-25/h4-11,17-18,22-23H,3,12-16,26H2,1-2H3. The van der Waals surface area contributed by atoms with Crippen LogP contribution in [0.25, 0.3) is 11.1 Å². The first-order valence-electron chi connectivity index (χ1n) is 11.1. The SMILES string of the molecule is CCc1ccccc1-c1ccc(CN(C2CCC(N)CC2)S(=O)c2cn(C)cn2)cc1. The average Bonchev–Trinajstić information content (AvgIpc) is 3.24. The molecule has 0 radical (unpaired) electrons. The van der Waals surface area contributed by atoms with Crippen molar-refractivity contribution in [1.29, 1.82) is 0 Å². The van der Waals surface area contributed by atoms with Crippen LogP contribution in [0, 0.1) is 0 Å². The molecule has 0 amide bonds. The molecule has 5 nitrogen and oxygen atoms in total. The Kier molecular flexibility index (Phi) is 7.00. The van der Waals surface area contributed by atoms with Gasteiger partial charge in [0.1, 0.15) is 11.0 Å². The van der Waals surface area contributed by atoms with Crippen molar-refractivity contribution in [3.8, 4) is 11.1 Å². The summed E-state index contributed by atoms with van der Waals surface area (Å²) in [7, 11) is 0.612. The second-order valence-electron chi connectivity index (χ2n) is 8.48. The average molecular weight is 437 g/mol. The van der Waals surface area contributed by atoms with Crippen molar-refractivity contribution < 1.29 is 4.21 Å². The number of imidazole rings is 1. The zero-order valence-electron chi connectivity index (χ0n) is 18.4. The number of benzene rings is 2. The summed E-state index contributed by atoms with van der Waals surface area (Å²) in [6.07, 6.45) is 8.48. The summed E-state index contributed by atoms with van der Waals surface area (Å²) in [5.74, 6) is 0. The fourth-order valence-corrected chi connectivity index (χ4v) is 5.77. The molecule has 2 aromatic carbocycles. The van der Waals surface area contributed by atoms with E-state index in [4.69, 9.17) is 5.73 Å². The Balaban J connectivity index is 1.57. The minimum absolute atomic E-state index is 0.253. The zero-order valence-corrected chi connectivity index (χ0v) is 19.2. The Hall–Kier alpha value is -2.28. The van der Waals surface area contributed by atoms with Crippen LogP contribution in [0.3, 0.4) is 0 Å². The molecule has 164 valence electrons. The second kappa shape index (κ2) is 9.90. The van der Waals surface area contributed by atoms with Gasteiger partial charge in [0.2, 0.25) is 0 Å². The molecule has 0 saturated heterocycles. The fraction of sp³-hybridized carbons (Fsp3) is 0.400. The molecule has 2 N–H and O–H groups in total. The molecule has 1 heterocycles. The van der Waals surface area contributed by atoms with Crippen LogP contribution in [-0.4, -0.2) is 30.1 Å². The van der Waals surface area contributed by atoms with Gasteiger partial charge in [0.05, 0.1) is 6.33 Å². The van der Waals surface area contributed by atoms with Gasteiger partial charge in [-0.25, -0.2) is 13.5 Å². The van der Waals surface area contributed by atoms with Crippen LogP contribution in [0.5, 0.6) is 0 Å². The molecule has 1 aliphatic rings. The van der Waals surface area contributed by atoms with Gasteiger partial charge in [-0.1, -0.05) is 55.5 Å². The van der Waals surface area contributed by atoms with Crippen LogP contribution in [0.15, 0.2) is 66.1 Å². The largest absolute Gasteiger partial charge is 0.339 e. The smallest absolute Gasteiger partial charge is 0.160 e. The molecule has 1 aliphatic carbocycles. The van der Waals surface area contributed by atoms with E-state index in [1.807, 2.05) is 17.8 Å². The van der Waals surface area contributed by atoms with E-state index in [-0.39, 0.29) is 12.1 Å². The Bertz CT molecular complexity index is 1020. The number of aryl methyl sites for hydroxylation is 2.